The highest BCUT2D eigenvalue weighted by molar-refractivity contribution is 6.03. The SMILES string of the molecule is CN(C)c1cccc(NC(=O)c2[nH]ccc2C2CC2)n1. The molecule has 1 aliphatic rings. The normalized spacial score (nSPS) is 14.1. The third kappa shape index (κ3) is 2.52. The third-order valence-electron chi connectivity index (χ3n) is 3.46. The van der Waals surface area contributed by atoms with E-state index in [0.29, 0.717) is 17.4 Å². The van der Waals surface area contributed by atoms with E-state index in [0.717, 1.165) is 11.4 Å². The van der Waals surface area contributed by atoms with Crippen LogP contribution in [0.3, 0.4) is 0 Å². The van der Waals surface area contributed by atoms with Crippen LogP contribution >= 0.6 is 0 Å². The number of anilines is 2. The molecule has 1 saturated carbocycles. The monoisotopic (exact) mass is 270 g/mol. The molecule has 0 bridgehead atoms. The molecule has 0 atom stereocenters. The molecular formula is C15H18N4O. The quantitative estimate of drug-likeness (QED) is 0.897. The van der Waals surface area contributed by atoms with Crippen molar-refractivity contribution in [2.45, 2.75) is 18.8 Å². The van der Waals surface area contributed by atoms with Crippen LogP contribution in [-0.2, 0) is 0 Å². The smallest absolute Gasteiger partial charge is 0.273 e. The number of hydrogen-bond donors (Lipinski definition) is 2. The minimum Gasteiger partial charge on any atom is -0.363 e. The van der Waals surface area contributed by atoms with E-state index < -0.39 is 0 Å². The highest BCUT2D eigenvalue weighted by atomic mass is 16.1. The Labute approximate surface area is 118 Å². The van der Waals surface area contributed by atoms with E-state index >= 15 is 0 Å². The lowest BCUT2D eigenvalue weighted by atomic mass is 10.1. The maximum Gasteiger partial charge on any atom is 0.273 e. The average Bonchev–Trinajstić information content (AvgIpc) is 3.16. The van der Waals surface area contributed by atoms with E-state index in [1.807, 2.05) is 43.4 Å². The molecule has 5 nitrogen and oxygen atoms in total. The molecule has 0 saturated heterocycles. The first-order valence-electron chi connectivity index (χ1n) is 6.78. The van der Waals surface area contributed by atoms with Gasteiger partial charge < -0.3 is 15.2 Å². The fraction of sp³-hybridized carbons (Fsp3) is 0.333. The van der Waals surface area contributed by atoms with Crippen LogP contribution in [0.5, 0.6) is 0 Å². The molecule has 0 aromatic carbocycles. The Kier molecular flexibility index (Phi) is 3.18. The Morgan fingerprint density at radius 1 is 1.35 bits per heavy atom. The number of carbonyl (C=O) groups excluding carboxylic acids is 1. The molecule has 0 unspecified atom stereocenters. The van der Waals surface area contributed by atoms with E-state index in [9.17, 15) is 4.79 Å². The van der Waals surface area contributed by atoms with Crippen LogP contribution in [0.25, 0.3) is 0 Å². The summed E-state index contributed by atoms with van der Waals surface area (Å²) < 4.78 is 0. The number of aromatic amines is 1. The standard InChI is InChI=1S/C15H18N4O/c1-19(2)13-5-3-4-12(17-13)18-15(20)14-11(8-9-16-14)10-6-7-10/h3-5,8-10,16H,6-7H2,1-2H3,(H,17,18,20). The minimum absolute atomic E-state index is 0.125. The number of nitrogens with one attached hydrogen (secondary N) is 2. The summed E-state index contributed by atoms with van der Waals surface area (Å²) in [6.07, 6.45) is 4.17. The molecule has 0 spiro atoms. The summed E-state index contributed by atoms with van der Waals surface area (Å²) in [5.41, 5.74) is 1.77. The van der Waals surface area contributed by atoms with Gasteiger partial charge in [-0.05, 0) is 42.5 Å². The van der Waals surface area contributed by atoms with Crippen molar-refractivity contribution in [3.63, 3.8) is 0 Å². The molecule has 20 heavy (non-hydrogen) atoms. The van der Waals surface area contributed by atoms with E-state index in [1.165, 1.54) is 12.8 Å². The highest BCUT2D eigenvalue weighted by Gasteiger charge is 2.28. The van der Waals surface area contributed by atoms with Crippen molar-refractivity contribution in [2.24, 2.45) is 0 Å². The molecule has 2 aromatic rings. The van der Waals surface area contributed by atoms with Crippen LogP contribution in [0.2, 0.25) is 0 Å². The molecule has 2 aromatic heterocycles. The Morgan fingerprint density at radius 2 is 2.15 bits per heavy atom. The summed E-state index contributed by atoms with van der Waals surface area (Å²) in [7, 11) is 3.84. The lowest BCUT2D eigenvalue weighted by Gasteiger charge is -2.12. The molecule has 3 rings (SSSR count). The molecular weight excluding hydrogens is 252 g/mol. The zero-order chi connectivity index (χ0) is 14.1. The number of aromatic nitrogens is 2. The summed E-state index contributed by atoms with van der Waals surface area (Å²) >= 11 is 0. The van der Waals surface area contributed by atoms with Gasteiger partial charge in [0.2, 0.25) is 0 Å². The molecule has 1 aliphatic carbocycles. The van der Waals surface area contributed by atoms with Gasteiger partial charge in [-0.3, -0.25) is 4.79 Å². The van der Waals surface area contributed by atoms with Gasteiger partial charge in [0.1, 0.15) is 17.3 Å². The van der Waals surface area contributed by atoms with Crippen molar-refractivity contribution in [2.75, 3.05) is 24.3 Å². The number of hydrogen-bond acceptors (Lipinski definition) is 3. The molecule has 0 aliphatic heterocycles. The zero-order valence-electron chi connectivity index (χ0n) is 11.7. The van der Waals surface area contributed by atoms with Gasteiger partial charge in [-0.2, -0.15) is 0 Å². The van der Waals surface area contributed by atoms with Crippen molar-refractivity contribution < 1.29 is 4.79 Å². The van der Waals surface area contributed by atoms with Gasteiger partial charge in [0, 0.05) is 20.3 Å². The van der Waals surface area contributed by atoms with Gasteiger partial charge >= 0.3 is 0 Å². The summed E-state index contributed by atoms with van der Waals surface area (Å²) in [6, 6.07) is 7.58. The zero-order valence-corrected chi connectivity index (χ0v) is 11.7. The largest absolute Gasteiger partial charge is 0.363 e. The van der Waals surface area contributed by atoms with Crippen molar-refractivity contribution in [1.29, 1.82) is 0 Å². The van der Waals surface area contributed by atoms with Gasteiger partial charge in [-0.25, -0.2) is 4.98 Å². The first-order chi connectivity index (χ1) is 9.65. The van der Waals surface area contributed by atoms with Crippen molar-refractivity contribution >= 4 is 17.5 Å². The Morgan fingerprint density at radius 3 is 2.85 bits per heavy atom. The second-order valence-corrected chi connectivity index (χ2v) is 5.31. The van der Waals surface area contributed by atoms with Gasteiger partial charge in [-0.1, -0.05) is 6.07 Å². The van der Waals surface area contributed by atoms with Crippen molar-refractivity contribution in [1.82, 2.24) is 9.97 Å². The number of H-pyrrole nitrogens is 1. The van der Waals surface area contributed by atoms with Crippen LogP contribution < -0.4 is 10.2 Å². The fourth-order valence-corrected chi connectivity index (χ4v) is 2.23. The number of rotatable bonds is 4. The summed E-state index contributed by atoms with van der Waals surface area (Å²) in [6.45, 7) is 0. The number of pyridine rings is 1. The van der Waals surface area contributed by atoms with Crippen LogP contribution in [0.1, 0.15) is 34.8 Å². The Hall–Kier alpha value is -2.30. The van der Waals surface area contributed by atoms with Crippen LogP contribution in [0, 0.1) is 0 Å². The van der Waals surface area contributed by atoms with E-state index in [-0.39, 0.29) is 5.91 Å². The first-order valence-corrected chi connectivity index (χ1v) is 6.78. The summed E-state index contributed by atoms with van der Waals surface area (Å²) in [5.74, 6) is 1.80. The molecule has 1 fully saturated rings. The van der Waals surface area contributed by atoms with Crippen LogP contribution in [-0.4, -0.2) is 30.0 Å². The molecule has 2 N–H and O–H groups in total. The van der Waals surface area contributed by atoms with Gasteiger partial charge in [0.25, 0.3) is 5.91 Å². The lowest BCUT2D eigenvalue weighted by molar-refractivity contribution is 0.102. The van der Waals surface area contributed by atoms with Gasteiger partial charge in [0.05, 0.1) is 0 Å². The molecule has 5 heteroatoms. The Balaban J connectivity index is 1.78. The summed E-state index contributed by atoms with van der Waals surface area (Å²) in [4.78, 5) is 21.6. The number of carbonyl (C=O) groups is 1. The topological polar surface area (TPSA) is 61.0 Å². The number of amides is 1. The minimum atomic E-state index is -0.125. The average molecular weight is 270 g/mol. The van der Waals surface area contributed by atoms with Crippen molar-refractivity contribution in [3.8, 4) is 0 Å². The van der Waals surface area contributed by atoms with Gasteiger partial charge in [0.15, 0.2) is 0 Å². The second kappa shape index (κ2) is 5.00. The third-order valence-corrected chi connectivity index (χ3v) is 3.46. The second-order valence-electron chi connectivity index (χ2n) is 5.31. The van der Waals surface area contributed by atoms with E-state index in [4.69, 9.17) is 0 Å². The van der Waals surface area contributed by atoms with Gasteiger partial charge in [-0.15, -0.1) is 0 Å². The first kappa shape index (κ1) is 12.7. The van der Waals surface area contributed by atoms with Crippen molar-refractivity contribution in [3.05, 3.63) is 41.7 Å². The predicted molar refractivity (Wildman–Crippen MR) is 79.3 cm³/mol. The highest BCUT2D eigenvalue weighted by Crippen LogP contribution is 2.41. The molecule has 104 valence electrons. The molecule has 0 radical (unpaired) electrons. The fourth-order valence-electron chi connectivity index (χ4n) is 2.23. The van der Waals surface area contributed by atoms with Crippen LogP contribution in [0.15, 0.2) is 30.5 Å². The van der Waals surface area contributed by atoms with Crippen LogP contribution in [0.4, 0.5) is 11.6 Å². The maximum atomic E-state index is 12.3. The van der Waals surface area contributed by atoms with E-state index in [2.05, 4.69) is 15.3 Å². The lowest BCUT2D eigenvalue weighted by Crippen LogP contribution is -2.16. The number of nitrogens with zero attached hydrogens (tertiary/aromatic N) is 2. The predicted octanol–water partition coefficient (Wildman–Crippen LogP) is 2.61. The van der Waals surface area contributed by atoms with E-state index in [1.54, 1.807) is 6.07 Å². The Bertz CT molecular complexity index is 628. The molecule has 2 heterocycles. The molecule has 1 amide bonds. The summed E-state index contributed by atoms with van der Waals surface area (Å²) in [5, 5.41) is 2.85. The maximum absolute atomic E-state index is 12.3.